The van der Waals surface area contributed by atoms with Crippen LogP contribution in [0.1, 0.15) is 36.4 Å². The second-order valence-electron chi connectivity index (χ2n) is 6.15. The summed E-state index contributed by atoms with van der Waals surface area (Å²) in [6.45, 7) is 2.72. The molecule has 0 spiro atoms. The zero-order valence-corrected chi connectivity index (χ0v) is 14.7. The molecule has 0 bridgehead atoms. The Balaban J connectivity index is 1.82. The number of rotatable bonds is 3. The first-order chi connectivity index (χ1) is 11.3. The molecule has 2 aromatic rings. The third-order valence-corrected chi connectivity index (χ3v) is 5.62. The second kappa shape index (κ2) is 6.04. The summed E-state index contributed by atoms with van der Waals surface area (Å²) in [7, 11) is 0. The van der Waals surface area contributed by atoms with Crippen molar-refractivity contribution in [3.8, 4) is 5.75 Å². The second-order valence-corrected chi connectivity index (χ2v) is 7.00. The molecule has 0 radical (unpaired) electrons. The summed E-state index contributed by atoms with van der Waals surface area (Å²) in [6, 6.07) is 15.2. The van der Waals surface area contributed by atoms with E-state index in [0.29, 0.717) is 24.5 Å². The number of benzene rings is 2. The first kappa shape index (κ1) is 14.8. The van der Waals surface area contributed by atoms with Crippen molar-refractivity contribution < 1.29 is 4.74 Å². The Hall–Kier alpha value is -1.74. The van der Waals surface area contributed by atoms with Crippen LogP contribution in [0.5, 0.6) is 5.75 Å². The van der Waals surface area contributed by atoms with Gasteiger partial charge in [0.05, 0.1) is 18.3 Å². The summed E-state index contributed by atoms with van der Waals surface area (Å²) in [6.07, 6.45) is 5.80. The van der Waals surface area contributed by atoms with Crippen molar-refractivity contribution in [2.45, 2.75) is 25.3 Å². The summed E-state index contributed by atoms with van der Waals surface area (Å²) in [4.78, 5) is 0. The fourth-order valence-corrected chi connectivity index (χ4v) is 4.44. The van der Waals surface area contributed by atoms with E-state index in [4.69, 9.17) is 4.74 Å². The summed E-state index contributed by atoms with van der Waals surface area (Å²) in [5, 5.41) is 3.78. The lowest BCUT2D eigenvalue weighted by atomic mass is 9.77. The van der Waals surface area contributed by atoms with Gasteiger partial charge in [-0.15, -0.1) is 0 Å². The number of para-hydroxylation sites is 1. The molecule has 23 heavy (non-hydrogen) atoms. The van der Waals surface area contributed by atoms with E-state index in [9.17, 15) is 0 Å². The smallest absolute Gasteiger partial charge is 0.142 e. The third kappa shape index (κ3) is 2.47. The fourth-order valence-electron chi connectivity index (χ4n) is 3.90. The van der Waals surface area contributed by atoms with Gasteiger partial charge in [-0.3, -0.25) is 0 Å². The number of hydrogen-bond donors (Lipinski definition) is 1. The van der Waals surface area contributed by atoms with E-state index in [1.54, 1.807) is 0 Å². The molecule has 1 heterocycles. The van der Waals surface area contributed by atoms with Crippen molar-refractivity contribution in [3.05, 3.63) is 70.2 Å². The normalized spacial score (nSPS) is 24.7. The minimum atomic E-state index is 0.291. The number of allylic oxidation sites excluding steroid dienone is 2. The average molecular weight is 370 g/mol. The minimum absolute atomic E-state index is 0.291. The van der Waals surface area contributed by atoms with Crippen LogP contribution in [-0.4, -0.2) is 6.61 Å². The Morgan fingerprint density at radius 2 is 1.96 bits per heavy atom. The Kier molecular flexibility index (Phi) is 3.90. The lowest BCUT2D eigenvalue weighted by Crippen LogP contribution is -2.29. The molecular formula is C20H20BrNO. The average Bonchev–Trinajstić information content (AvgIpc) is 3.05. The van der Waals surface area contributed by atoms with Crippen LogP contribution >= 0.6 is 15.9 Å². The van der Waals surface area contributed by atoms with E-state index in [0.717, 1.165) is 17.9 Å². The van der Waals surface area contributed by atoms with Gasteiger partial charge in [-0.1, -0.05) is 58.4 Å². The van der Waals surface area contributed by atoms with Gasteiger partial charge in [0.25, 0.3) is 0 Å². The van der Waals surface area contributed by atoms with Gasteiger partial charge in [0.15, 0.2) is 0 Å². The largest absolute Gasteiger partial charge is 0.492 e. The molecule has 1 aliphatic carbocycles. The Labute approximate surface area is 145 Å². The molecule has 4 rings (SSSR count). The van der Waals surface area contributed by atoms with Crippen LogP contribution in [0.3, 0.4) is 0 Å². The van der Waals surface area contributed by atoms with Crippen molar-refractivity contribution in [1.29, 1.82) is 0 Å². The SMILES string of the molecule is CCOc1cccc2c1N[C@H](c1ccccc1Br)[C@@H]1CC=C[C@H]21. The summed E-state index contributed by atoms with van der Waals surface area (Å²) >= 11 is 3.73. The first-order valence-electron chi connectivity index (χ1n) is 8.23. The molecule has 0 amide bonds. The van der Waals surface area contributed by atoms with Crippen LogP contribution in [-0.2, 0) is 0 Å². The van der Waals surface area contributed by atoms with Gasteiger partial charge >= 0.3 is 0 Å². The fraction of sp³-hybridized carbons (Fsp3) is 0.300. The van der Waals surface area contributed by atoms with Crippen LogP contribution in [0.4, 0.5) is 5.69 Å². The van der Waals surface area contributed by atoms with Crippen molar-refractivity contribution in [2.24, 2.45) is 5.92 Å². The molecule has 118 valence electrons. The van der Waals surface area contributed by atoms with E-state index in [1.807, 2.05) is 6.92 Å². The molecule has 3 heteroatoms. The van der Waals surface area contributed by atoms with Crippen molar-refractivity contribution >= 4 is 21.6 Å². The topological polar surface area (TPSA) is 21.3 Å². The molecule has 0 saturated carbocycles. The van der Waals surface area contributed by atoms with Gasteiger partial charge in [0, 0.05) is 10.4 Å². The number of ether oxygens (including phenoxy) is 1. The molecule has 0 saturated heterocycles. The van der Waals surface area contributed by atoms with Crippen molar-refractivity contribution in [1.82, 2.24) is 0 Å². The molecule has 3 atom stereocenters. The zero-order chi connectivity index (χ0) is 15.8. The summed E-state index contributed by atoms with van der Waals surface area (Å²) in [5.41, 5.74) is 3.84. The zero-order valence-electron chi connectivity index (χ0n) is 13.1. The molecule has 2 nitrogen and oxygen atoms in total. The van der Waals surface area contributed by atoms with Crippen molar-refractivity contribution in [3.63, 3.8) is 0 Å². The van der Waals surface area contributed by atoms with Crippen LogP contribution in [0.2, 0.25) is 0 Å². The first-order valence-corrected chi connectivity index (χ1v) is 9.02. The molecule has 1 aliphatic heterocycles. The lowest BCUT2D eigenvalue weighted by Gasteiger charge is -2.38. The summed E-state index contributed by atoms with van der Waals surface area (Å²) in [5.74, 6) is 1.97. The van der Waals surface area contributed by atoms with Gasteiger partial charge in [-0.25, -0.2) is 0 Å². The predicted molar refractivity (Wildman–Crippen MR) is 98.1 cm³/mol. The molecule has 0 fully saturated rings. The molecule has 1 N–H and O–H groups in total. The maximum absolute atomic E-state index is 5.87. The number of fused-ring (bicyclic) bond motifs is 3. The lowest BCUT2D eigenvalue weighted by molar-refractivity contribution is 0.337. The van der Waals surface area contributed by atoms with Crippen LogP contribution < -0.4 is 10.1 Å². The number of halogens is 1. The molecule has 0 aromatic heterocycles. The quantitative estimate of drug-likeness (QED) is 0.703. The van der Waals surface area contributed by atoms with Gasteiger partial charge < -0.3 is 10.1 Å². The van der Waals surface area contributed by atoms with Gasteiger partial charge in [-0.2, -0.15) is 0 Å². The van der Waals surface area contributed by atoms with Crippen LogP contribution in [0.15, 0.2) is 59.1 Å². The predicted octanol–water partition coefficient (Wildman–Crippen LogP) is 5.67. The third-order valence-electron chi connectivity index (χ3n) is 4.90. The standard InChI is InChI=1S/C20H20BrNO/c1-2-23-18-12-6-10-15-13-8-5-9-14(13)19(22-20(15)18)16-7-3-4-11-17(16)21/h3-8,10-14,19,22H,2,9H2,1H3/t13-,14+,19-/m0/s1. The van der Waals surface area contributed by atoms with Crippen LogP contribution in [0, 0.1) is 5.92 Å². The van der Waals surface area contributed by atoms with E-state index in [2.05, 4.69) is 75.9 Å². The molecule has 2 aliphatic rings. The highest BCUT2D eigenvalue weighted by Gasteiger charge is 2.39. The highest BCUT2D eigenvalue weighted by molar-refractivity contribution is 9.10. The van der Waals surface area contributed by atoms with E-state index in [-0.39, 0.29) is 0 Å². The van der Waals surface area contributed by atoms with Crippen LogP contribution in [0.25, 0.3) is 0 Å². The highest BCUT2D eigenvalue weighted by Crippen LogP contribution is 2.52. The molecule has 2 aromatic carbocycles. The highest BCUT2D eigenvalue weighted by atomic mass is 79.9. The molecular weight excluding hydrogens is 350 g/mol. The van der Waals surface area contributed by atoms with Gasteiger partial charge in [0.1, 0.15) is 5.75 Å². The van der Waals surface area contributed by atoms with Gasteiger partial charge in [0.2, 0.25) is 0 Å². The summed E-state index contributed by atoms with van der Waals surface area (Å²) < 4.78 is 7.04. The Bertz CT molecular complexity index is 755. The van der Waals surface area contributed by atoms with E-state index >= 15 is 0 Å². The number of hydrogen-bond acceptors (Lipinski definition) is 2. The molecule has 0 unspecified atom stereocenters. The van der Waals surface area contributed by atoms with Crippen molar-refractivity contribution in [2.75, 3.05) is 11.9 Å². The van der Waals surface area contributed by atoms with E-state index < -0.39 is 0 Å². The maximum Gasteiger partial charge on any atom is 0.142 e. The minimum Gasteiger partial charge on any atom is -0.492 e. The number of anilines is 1. The van der Waals surface area contributed by atoms with E-state index in [1.165, 1.54) is 15.6 Å². The Morgan fingerprint density at radius 1 is 1.13 bits per heavy atom. The maximum atomic E-state index is 5.87. The Morgan fingerprint density at radius 3 is 2.78 bits per heavy atom. The number of nitrogens with one attached hydrogen (secondary N) is 1. The monoisotopic (exact) mass is 369 g/mol. The van der Waals surface area contributed by atoms with Gasteiger partial charge in [-0.05, 0) is 42.5 Å².